The maximum Gasteiger partial charge on any atom is 0.286 e. The molecule has 1 aliphatic rings. The first-order valence-corrected chi connectivity index (χ1v) is 5.67. The number of amidine groups is 1. The molecule has 0 saturated heterocycles. The SMILES string of the molecule is CC(=O)C1=NS(=O)(=O)c2ccccc2N1. The third kappa shape index (κ3) is 1.63. The molecule has 0 aliphatic carbocycles. The predicted octanol–water partition coefficient (Wildman–Crippen LogP) is 0.788. The highest BCUT2D eigenvalue weighted by atomic mass is 32.2. The number of hydrogen-bond acceptors (Lipinski definition) is 4. The number of carbonyl (C=O) groups excluding carboxylic acids is 1. The first-order valence-electron chi connectivity index (χ1n) is 4.23. The van der Waals surface area contributed by atoms with Gasteiger partial charge in [0.2, 0.25) is 0 Å². The van der Waals surface area contributed by atoms with Crippen LogP contribution in [0.25, 0.3) is 0 Å². The quantitative estimate of drug-likeness (QED) is 0.765. The number of ketones is 1. The Labute approximate surface area is 86.9 Å². The summed E-state index contributed by atoms with van der Waals surface area (Å²) >= 11 is 0. The van der Waals surface area contributed by atoms with Crippen LogP contribution in [0.3, 0.4) is 0 Å². The van der Waals surface area contributed by atoms with Gasteiger partial charge in [-0.2, -0.15) is 8.42 Å². The van der Waals surface area contributed by atoms with Crippen molar-refractivity contribution in [1.82, 2.24) is 0 Å². The molecule has 0 saturated carbocycles. The third-order valence-electron chi connectivity index (χ3n) is 1.96. The molecule has 0 atom stereocenters. The molecule has 6 heteroatoms. The summed E-state index contributed by atoms with van der Waals surface area (Å²) in [4.78, 5) is 11.1. The Morgan fingerprint density at radius 1 is 1.33 bits per heavy atom. The Morgan fingerprint density at radius 2 is 2.00 bits per heavy atom. The predicted molar refractivity (Wildman–Crippen MR) is 55.4 cm³/mol. The van der Waals surface area contributed by atoms with Gasteiger partial charge in [0.1, 0.15) is 4.90 Å². The van der Waals surface area contributed by atoms with Gasteiger partial charge in [-0.05, 0) is 12.1 Å². The fourth-order valence-electron chi connectivity index (χ4n) is 1.27. The van der Waals surface area contributed by atoms with E-state index in [1.165, 1.54) is 13.0 Å². The van der Waals surface area contributed by atoms with Crippen LogP contribution in [0.15, 0.2) is 33.6 Å². The summed E-state index contributed by atoms with van der Waals surface area (Å²) in [6.45, 7) is 1.26. The maximum absolute atomic E-state index is 11.6. The summed E-state index contributed by atoms with van der Waals surface area (Å²) in [5.41, 5.74) is 0.387. The van der Waals surface area contributed by atoms with Crippen LogP contribution in [0.1, 0.15) is 6.92 Å². The van der Waals surface area contributed by atoms with E-state index in [-0.39, 0.29) is 10.7 Å². The standard InChI is InChI=1S/C9H8N2O3S/c1-6(12)9-10-7-4-2-3-5-8(7)15(13,14)11-9/h2-5H,1H3,(H,10,11). The number of para-hydroxylation sites is 1. The molecule has 1 aromatic carbocycles. The number of benzene rings is 1. The van der Waals surface area contributed by atoms with E-state index >= 15 is 0 Å². The number of nitrogens with zero attached hydrogens (tertiary/aromatic N) is 1. The van der Waals surface area contributed by atoms with E-state index in [9.17, 15) is 13.2 Å². The van der Waals surface area contributed by atoms with Crippen LogP contribution in [-0.4, -0.2) is 20.0 Å². The zero-order valence-electron chi connectivity index (χ0n) is 7.89. The minimum absolute atomic E-state index is 0.0926. The second-order valence-corrected chi connectivity index (χ2v) is 4.66. The molecule has 1 heterocycles. The molecule has 5 nitrogen and oxygen atoms in total. The lowest BCUT2D eigenvalue weighted by Gasteiger charge is -2.15. The number of nitrogens with one attached hydrogen (secondary N) is 1. The molecule has 0 unspecified atom stereocenters. The second-order valence-electron chi connectivity index (χ2n) is 3.09. The molecule has 1 aromatic rings. The van der Waals surface area contributed by atoms with Crippen LogP contribution in [0.5, 0.6) is 0 Å². The molecule has 0 aromatic heterocycles. The molecule has 0 radical (unpaired) electrons. The molecule has 0 amide bonds. The molecule has 0 bridgehead atoms. The lowest BCUT2D eigenvalue weighted by molar-refractivity contribution is -0.111. The van der Waals surface area contributed by atoms with Gasteiger partial charge in [-0.25, -0.2) is 0 Å². The number of rotatable bonds is 1. The molecule has 0 fully saturated rings. The van der Waals surface area contributed by atoms with Crippen molar-refractivity contribution < 1.29 is 13.2 Å². The first-order chi connectivity index (χ1) is 7.00. The Kier molecular flexibility index (Phi) is 2.08. The van der Waals surface area contributed by atoms with Gasteiger partial charge in [0.15, 0.2) is 11.6 Å². The van der Waals surface area contributed by atoms with E-state index in [1.807, 2.05) is 0 Å². The smallest absolute Gasteiger partial charge is 0.286 e. The zero-order valence-corrected chi connectivity index (χ0v) is 8.71. The average molecular weight is 224 g/mol. The fraction of sp³-hybridized carbons (Fsp3) is 0.111. The van der Waals surface area contributed by atoms with Crippen molar-refractivity contribution in [2.45, 2.75) is 11.8 Å². The number of Topliss-reactive ketones (excluding diaryl/α,β-unsaturated/α-hetero) is 1. The van der Waals surface area contributed by atoms with Gasteiger partial charge >= 0.3 is 0 Å². The minimum atomic E-state index is -3.73. The number of sulfonamides is 1. The Bertz CT molecular complexity index is 560. The van der Waals surface area contributed by atoms with E-state index in [1.54, 1.807) is 18.2 Å². The van der Waals surface area contributed by atoms with Crippen molar-refractivity contribution in [3.05, 3.63) is 24.3 Å². The van der Waals surface area contributed by atoms with Gasteiger partial charge in [0.25, 0.3) is 10.0 Å². The van der Waals surface area contributed by atoms with Crippen molar-refractivity contribution in [1.29, 1.82) is 0 Å². The van der Waals surface area contributed by atoms with Crippen LogP contribution in [-0.2, 0) is 14.8 Å². The van der Waals surface area contributed by atoms with Gasteiger partial charge in [-0.1, -0.05) is 12.1 Å². The van der Waals surface area contributed by atoms with Gasteiger partial charge in [0.05, 0.1) is 5.69 Å². The Hall–Kier alpha value is -1.69. The second kappa shape index (κ2) is 3.16. The van der Waals surface area contributed by atoms with Crippen LogP contribution in [0, 0.1) is 0 Å². The maximum atomic E-state index is 11.6. The molecule has 1 N–H and O–H groups in total. The van der Waals surface area contributed by atoms with Gasteiger partial charge in [-0.15, -0.1) is 4.40 Å². The fourth-order valence-corrected chi connectivity index (χ4v) is 2.43. The summed E-state index contributed by atoms with van der Waals surface area (Å²) in [7, 11) is -3.73. The highest BCUT2D eigenvalue weighted by molar-refractivity contribution is 7.90. The number of anilines is 1. The molecule has 2 rings (SSSR count). The average Bonchev–Trinajstić information content (AvgIpc) is 2.16. The Morgan fingerprint density at radius 3 is 2.67 bits per heavy atom. The van der Waals surface area contributed by atoms with Crippen molar-refractivity contribution in [3.8, 4) is 0 Å². The molecular weight excluding hydrogens is 216 g/mol. The topological polar surface area (TPSA) is 75.6 Å². The van der Waals surface area contributed by atoms with E-state index in [2.05, 4.69) is 9.71 Å². The van der Waals surface area contributed by atoms with Gasteiger partial charge in [0, 0.05) is 6.92 Å². The minimum Gasteiger partial charge on any atom is -0.335 e. The normalized spacial score (nSPS) is 17.3. The van der Waals surface area contributed by atoms with Gasteiger partial charge < -0.3 is 5.32 Å². The van der Waals surface area contributed by atoms with Crippen molar-refractivity contribution >= 4 is 27.3 Å². The molecule has 1 aliphatic heterocycles. The number of fused-ring (bicyclic) bond motifs is 1. The molecular formula is C9H8N2O3S. The van der Waals surface area contributed by atoms with Crippen LogP contribution >= 0.6 is 0 Å². The third-order valence-corrected chi connectivity index (χ3v) is 3.30. The van der Waals surface area contributed by atoms with Crippen molar-refractivity contribution in [2.75, 3.05) is 5.32 Å². The Balaban J connectivity index is 2.65. The van der Waals surface area contributed by atoms with Crippen molar-refractivity contribution in [3.63, 3.8) is 0 Å². The number of carbonyl (C=O) groups is 1. The zero-order chi connectivity index (χ0) is 11.1. The van der Waals surface area contributed by atoms with Gasteiger partial charge in [-0.3, -0.25) is 4.79 Å². The summed E-state index contributed by atoms with van der Waals surface area (Å²) in [5, 5.41) is 2.67. The summed E-state index contributed by atoms with van der Waals surface area (Å²) in [6, 6.07) is 6.32. The van der Waals surface area contributed by atoms with Crippen LogP contribution in [0.2, 0.25) is 0 Å². The lowest BCUT2D eigenvalue weighted by atomic mass is 10.3. The van der Waals surface area contributed by atoms with E-state index < -0.39 is 15.8 Å². The lowest BCUT2D eigenvalue weighted by Crippen LogP contribution is -2.26. The highest BCUT2D eigenvalue weighted by Gasteiger charge is 2.25. The summed E-state index contributed by atoms with van der Waals surface area (Å²) < 4.78 is 26.6. The van der Waals surface area contributed by atoms with Crippen LogP contribution < -0.4 is 5.32 Å². The summed E-state index contributed by atoms with van der Waals surface area (Å²) in [5.74, 6) is -0.554. The molecule has 78 valence electrons. The summed E-state index contributed by atoms with van der Waals surface area (Å²) in [6.07, 6.45) is 0. The van der Waals surface area contributed by atoms with Crippen LogP contribution in [0.4, 0.5) is 5.69 Å². The van der Waals surface area contributed by atoms with E-state index in [4.69, 9.17) is 0 Å². The van der Waals surface area contributed by atoms with E-state index in [0.717, 1.165) is 0 Å². The van der Waals surface area contributed by atoms with Crippen molar-refractivity contribution in [2.24, 2.45) is 4.40 Å². The van der Waals surface area contributed by atoms with E-state index in [0.29, 0.717) is 5.69 Å². The highest BCUT2D eigenvalue weighted by Crippen LogP contribution is 2.26. The largest absolute Gasteiger partial charge is 0.335 e. The monoisotopic (exact) mass is 224 g/mol. The molecule has 15 heavy (non-hydrogen) atoms. The first kappa shape index (κ1) is 9.85. The molecule has 0 spiro atoms. The number of hydrogen-bond donors (Lipinski definition) is 1.